The van der Waals surface area contributed by atoms with E-state index >= 15 is 0 Å². The van der Waals surface area contributed by atoms with E-state index in [9.17, 15) is 13.2 Å². The molecule has 1 aromatic rings. The van der Waals surface area contributed by atoms with Crippen LogP contribution in [0, 0.1) is 6.92 Å². The molecule has 1 fully saturated rings. The van der Waals surface area contributed by atoms with E-state index in [0.717, 1.165) is 5.69 Å². The number of nitrogens with one attached hydrogen (secondary N) is 1. The average Bonchev–Trinajstić information content (AvgIpc) is 2.82. The number of carbonyl (C=O) groups excluding carboxylic acids is 1. The first-order valence-corrected chi connectivity index (χ1v) is 7.21. The standard InChI is InChI=1S/C10H15N3O3S/c1-7-5-9(12-11-7)10(14)13(2)8-3-4-17(15,16)6-8/h5,8H,3-4,6H2,1-2H3,(H,11,12). The number of nitrogens with zero attached hydrogens (tertiary/aromatic N) is 2. The number of carbonyl (C=O) groups is 1. The highest BCUT2D eigenvalue weighted by molar-refractivity contribution is 7.91. The van der Waals surface area contributed by atoms with Crippen LogP contribution in [0.2, 0.25) is 0 Å². The van der Waals surface area contributed by atoms with E-state index < -0.39 is 9.84 Å². The van der Waals surface area contributed by atoms with Crippen LogP contribution in [0.5, 0.6) is 0 Å². The molecule has 1 aromatic heterocycles. The number of aromatic nitrogens is 2. The lowest BCUT2D eigenvalue weighted by atomic mass is 10.2. The zero-order valence-corrected chi connectivity index (χ0v) is 10.6. The van der Waals surface area contributed by atoms with Crippen molar-refractivity contribution in [2.75, 3.05) is 18.6 Å². The van der Waals surface area contributed by atoms with E-state index in [1.54, 1.807) is 13.1 Å². The number of amides is 1. The second-order valence-corrected chi connectivity index (χ2v) is 6.64. The molecule has 94 valence electrons. The van der Waals surface area contributed by atoms with E-state index in [4.69, 9.17) is 0 Å². The second-order valence-electron chi connectivity index (χ2n) is 4.41. The summed E-state index contributed by atoms with van der Waals surface area (Å²) in [7, 11) is -1.35. The molecule has 2 heterocycles. The second kappa shape index (κ2) is 4.14. The summed E-state index contributed by atoms with van der Waals surface area (Å²) in [6, 6.07) is 1.42. The van der Waals surface area contributed by atoms with Crippen molar-refractivity contribution in [3.05, 3.63) is 17.5 Å². The van der Waals surface area contributed by atoms with Crippen molar-refractivity contribution < 1.29 is 13.2 Å². The Balaban J connectivity index is 2.11. The number of H-pyrrole nitrogens is 1. The quantitative estimate of drug-likeness (QED) is 0.807. The van der Waals surface area contributed by atoms with E-state index in [-0.39, 0.29) is 23.5 Å². The summed E-state index contributed by atoms with van der Waals surface area (Å²) < 4.78 is 22.7. The van der Waals surface area contributed by atoms with Crippen molar-refractivity contribution in [1.29, 1.82) is 0 Å². The van der Waals surface area contributed by atoms with E-state index in [2.05, 4.69) is 10.2 Å². The third-order valence-corrected chi connectivity index (χ3v) is 4.75. The van der Waals surface area contributed by atoms with Gasteiger partial charge in [-0.3, -0.25) is 9.89 Å². The van der Waals surface area contributed by atoms with Crippen molar-refractivity contribution in [2.24, 2.45) is 0 Å². The molecule has 1 saturated heterocycles. The highest BCUT2D eigenvalue weighted by Crippen LogP contribution is 2.18. The van der Waals surface area contributed by atoms with Crippen LogP contribution in [0.25, 0.3) is 0 Å². The summed E-state index contributed by atoms with van der Waals surface area (Å²) in [5.41, 5.74) is 1.13. The van der Waals surface area contributed by atoms with Crippen LogP contribution >= 0.6 is 0 Å². The first-order chi connectivity index (χ1) is 7.89. The fourth-order valence-corrected chi connectivity index (χ4v) is 3.73. The van der Waals surface area contributed by atoms with Crippen molar-refractivity contribution in [3.8, 4) is 0 Å². The van der Waals surface area contributed by atoms with Gasteiger partial charge in [0.2, 0.25) is 0 Å². The van der Waals surface area contributed by atoms with Crippen LogP contribution in [0.3, 0.4) is 0 Å². The lowest BCUT2D eigenvalue weighted by Crippen LogP contribution is -2.38. The molecule has 0 saturated carbocycles. The first kappa shape index (κ1) is 12.1. The smallest absolute Gasteiger partial charge is 0.274 e. The SMILES string of the molecule is Cc1cc(C(=O)N(C)C2CCS(=O)(=O)C2)n[nH]1. The minimum absolute atomic E-state index is 0.0542. The molecular weight excluding hydrogens is 242 g/mol. The van der Waals surface area contributed by atoms with Gasteiger partial charge in [-0.15, -0.1) is 0 Å². The van der Waals surface area contributed by atoms with Crippen molar-refractivity contribution >= 4 is 15.7 Å². The largest absolute Gasteiger partial charge is 0.336 e. The van der Waals surface area contributed by atoms with Crippen LogP contribution in [0.1, 0.15) is 22.6 Å². The van der Waals surface area contributed by atoms with Gasteiger partial charge in [-0.25, -0.2) is 8.42 Å². The Kier molecular flexibility index (Phi) is 2.94. The molecule has 2 rings (SSSR count). The van der Waals surface area contributed by atoms with Crippen LogP contribution < -0.4 is 0 Å². The first-order valence-electron chi connectivity index (χ1n) is 5.38. The van der Waals surface area contributed by atoms with Crippen LogP contribution in [0.15, 0.2) is 6.07 Å². The van der Waals surface area contributed by atoms with Crippen LogP contribution in [-0.4, -0.2) is 54.0 Å². The fourth-order valence-electron chi connectivity index (χ4n) is 1.95. The number of hydrogen-bond acceptors (Lipinski definition) is 4. The molecule has 0 radical (unpaired) electrons. The van der Waals surface area contributed by atoms with E-state index in [1.807, 2.05) is 6.92 Å². The topological polar surface area (TPSA) is 83.1 Å². The molecule has 1 aliphatic heterocycles. The molecule has 0 bridgehead atoms. The molecule has 1 aliphatic rings. The molecule has 1 amide bonds. The predicted octanol–water partition coefficient (Wildman–Crippen LogP) is -0.0228. The van der Waals surface area contributed by atoms with Gasteiger partial charge in [-0.1, -0.05) is 0 Å². The fraction of sp³-hybridized carbons (Fsp3) is 0.600. The highest BCUT2D eigenvalue weighted by Gasteiger charge is 2.33. The minimum atomic E-state index is -2.97. The van der Waals surface area contributed by atoms with Gasteiger partial charge in [-0.05, 0) is 19.4 Å². The molecule has 17 heavy (non-hydrogen) atoms. The molecule has 1 atom stereocenters. The summed E-state index contributed by atoms with van der Waals surface area (Å²) in [5.74, 6) is -0.0236. The molecule has 7 heteroatoms. The van der Waals surface area contributed by atoms with Gasteiger partial charge in [0, 0.05) is 18.8 Å². The van der Waals surface area contributed by atoms with Gasteiger partial charge >= 0.3 is 0 Å². The zero-order chi connectivity index (χ0) is 12.6. The Hall–Kier alpha value is -1.37. The van der Waals surface area contributed by atoms with Crippen molar-refractivity contribution in [3.63, 3.8) is 0 Å². The summed E-state index contributed by atoms with van der Waals surface area (Å²) in [6.45, 7) is 1.81. The summed E-state index contributed by atoms with van der Waals surface area (Å²) in [6.07, 6.45) is 0.508. The third-order valence-electron chi connectivity index (χ3n) is 3.00. The molecule has 6 nitrogen and oxygen atoms in total. The van der Waals surface area contributed by atoms with E-state index in [0.29, 0.717) is 12.1 Å². The van der Waals surface area contributed by atoms with Gasteiger partial charge in [0.15, 0.2) is 9.84 Å². The Morgan fingerprint density at radius 2 is 2.29 bits per heavy atom. The normalized spacial score (nSPS) is 22.6. The van der Waals surface area contributed by atoms with Gasteiger partial charge in [0.25, 0.3) is 5.91 Å². The maximum Gasteiger partial charge on any atom is 0.274 e. The third kappa shape index (κ3) is 2.49. The lowest BCUT2D eigenvalue weighted by Gasteiger charge is -2.22. The van der Waals surface area contributed by atoms with Gasteiger partial charge < -0.3 is 4.90 Å². The zero-order valence-electron chi connectivity index (χ0n) is 9.80. The Morgan fingerprint density at radius 1 is 1.59 bits per heavy atom. The molecule has 0 aromatic carbocycles. The monoisotopic (exact) mass is 257 g/mol. The van der Waals surface area contributed by atoms with Gasteiger partial charge in [0.05, 0.1) is 11.5 Å². The molecule has 1 unspecified atom stereocenters. The minimum Gasteiger partial charge on any atom is -0.336 e. The summed E-state index contributed by atoms with van der Waals surface area (Å²) in [5, 5.41) is 6.57. The lowest BCUT2D eigenvalue weighted by molar-refractivity contribution is 0.0741. The number of aromatic amines is 1. The number of sulfone groups is 1. The Bertz CT molecular complexity index is 535. The van der Waals surface area contributed by atoms with Gasteiger partial charge in [-0.2, -0.15) is 5.10 Å². The highest BCUT2D eigenvalue weighted by atomic mass is 32.2. The maximum atomic E-state index is 12.0. The summed E-state index contributed by atoms with van der Waals surface area (Å²) >= 11 is 0. The summed E-state index contributed by atoms with van der Waals surface area (Å²) in [4.78, 5) is 13.5. The number of aryl methyl sites for hydroxylation is 1. The van der Waals surface area contributed by atoms with Crippen LogP contribution in [-0.2, 0) is 9.84 Å². The molecule has 1 N–H and O–H groups in total. The van der Waals surface area contributed by atoms with Crippen LogP contribution in [0.4, 0.5) is 0 Å². The molecular formula is C10H15N3O3S. The van der Waals surface area contributed by atoms with Gasteiger partial charge in [0.1, 0.15) is 5.69 Å². The Labute approximate surface area is 99.9 Å². The maximum absolute atomic E-state index is 12.0. The number of rotatable bonds is 2. The number of hydrogen-bond donors (Lipinski definition) is 1. The molecule has 0 spiro atoms. The van der Waals surface area contributed by atoms with Crippen molar-refractivity contribution in [2.45, 2.75) is 19.4 Å². The van der Waals surface area contributed by atoms with Crippen molar-refractivity contribution in [1.82, 2.24) is 15.1 Å². The van der Waals surface area contributed by atoms with E-state index in [1.165, 1.54) is 4.90 Å². The predicted molar refractivity (Wildman–Crippen MR) is 62.5 cm³/mol. The molecule has 0 aliphatic carbocycles. The average molecular weight is 257 g/mol. The Morgan fingerprint density at radius 3 is 2.76 bits per heavy atom.